The number of carbonyl (C=O) groups is 1. The summed E-state index contributed by atoms with van der Waals surface area (Å²) in [6.07, 6.45) is 0. The van der Waals surface area contributed by atoms with Crippen LogP contribution in [-0.4, -0.2) is 21.5 Å². The van der Waals surface area contributed by atoms with Crippen LogP contribution >= 0.6 is 0 Å². The van der Waals surface area contributed by atoms with Crippen LogP contribution in [0.15, 0.2) is 53.4 Å². The van der Waals surface area contributed by atoms with E-state index in [-0.39, 0.29) is 4.90 Å². The number of sulfonamides is 1. The smallest absolute Gasteiger partial charge is 0.337 e. The van der Waals surface area contributed by atoms with E-state index in [1.165, 1.54) is 19.2 Å². The SMILES string of the molecule is COC(=O)c1cccc(-c2ccc(S(N)(=O)=O)cc2)c1. The van der Waals surface area contributed by atoms with Crippen LogP contribution in [0.3, 0.4) is 0 Å². The van der Waals surface area contributed by atoms with Gasteiger partial charge in [-0.1, -0.05) is 24.3 Å². The van der Waals surface area contributed by atoms with Gasteiger partial charge in [0, 0.05) is 0 Å². The molecular weight excluding hydrogens is 278 g/mol. The first kappa shape index (κ1) is 14.2. The average molecular weight is 291 g/mol. The molecule has 0 aliphatic carbocycles. The van der Waals surface area contributed by atoms with Crippen LogP contribution in [-0.2, 0) is 14.8 Å². The maximum absolute atomic E-state index is 11.5. The second-order valence-corrected chi connectivity index (χ2v) is 5.70. The molecule has 2 N–H and O–H groups in total. The zero-order valence-corrected chi connectivity index (χ0v) is 11.6. The summed E-state index contributed by atoms with van der Waals surface area (Å²) in [5.74, 6) is -0.423. The third-order valence-corrected chi connectivity index (χ3v) is 3.73. The summed E-state index contributed by atoms with van der Waals surface area (Å²) in [5.41, 5.74) is 2.00. The first-order valence-electron chi connectivity index (χ1n) is 5.73. The molecule has 0 saturated carbocycles. The predicted octanol–water partition coefficient (Wildman–Crippen LogP) is 1.79. The number of hydrogen-bond acceptors (Lipinski definition) is 4. The number of benzene rings is 2. The van der Waals surface area contributed by atoms with Crippen molar-refractivity contribution in [2.24, 2.45) is 5.14 Å². The van der Waals surface area contributed by atoms with Crippen molar-refractivity contribution in [3.8, 4) is 11.1 Å². The number of nitrogens with two attached hydrogens (primary N) is 1. The molecule has 104 valence electrons. The van der Waals surface area contributed by atoms with Gasteiger partial charge >= 0.3 is 5.97 Å². The normalized spacial score (nSPS) is 11.1. The van der Waals surface area contributed by atoms with Gasteiger partial charge in [0.1, 0.15) is 0 Å². The fraction of sp³-hybridized carbons (Fsp3) is 0.0714. The molecule has 0 radical (unpaired) electrons. The van der Waals surface area contributed by atoms with E-state index in [4.69, 9.17) is 5.14 Å². The quantitative estimate of drug-likeness (QED) is 0.873. The number of carbonyl (C=O) groups excluding carboxylic acids is 1. The summed E-state index contributed by atoms with van der Waals surface area (Å²) in [4.78, 5) is 11.5. The fourth-order valence-electron chi connectivity index (χ4n) is 1.78. The number of hydrogen-bond donors (Lipinski definition) is 1. The first-order valence-corrected chi connectivity index (χ1v) is 7.28. The summed E-state index contributed by atoms with van der Waals surface area (Å²) >= 11 is 0. The van der Waals surface area contributed by atoms with E-state index in [1.54, 1.807) is 30.3 Å². The second kappa shape index (κ2) is 5.44. The van der Waals surface area contributed by atoms with Gasteiger partial charge in [-0.15, -0.1) is 0 Å². The van der Waals surface area contributed by atoms with Gasteiger partial charge < -0.3 is 4.74 Å². The summed E-state index contributed by atoms with van der Waals surface area (Å²) in [7, 11) is -2.39. The van der Waals surface area contributed by atoms with E-state index in [1.807, 2.05) is 6.07 Å². The zero-order valence-electron chi connectivity index (χ0n) is 10.7. The molecule has 20 heavy (non-hydrogen) atoms. The highest BCUT2D eigenvalue weighted by molar-refractivity contribution is 7.89. The number of rotatable bonds is 3. The highest BCUT2D eigenvalue weighted by atomic mass is 32.2. The van der Waals surface area contributed by atoms with E-state index < -0.39 is 16.0 Å². The lowest BCUT2D eigenvalue weighted by Gasteiger charge is -2.05. The molecule has 0 bridgehead atoms. The van der Waals surface area contributed by atoms with Gasteiger partial charge in [-0.25, -0.2) is 18.4 Å². The first-order chi connectivity index (χ1) is 9.41. The lowest BCUT2D eigenvalue weighted by molar-refractivity contribution is 0.0601. The van der Waals surface area contributed by atoms with Crippen LogP contribution in [0, 0.1) is 0 Å². The highest BCUT2D eigenvalue weighted by Gasteiger charge is 2.09. The molecule has 0 atom stereocenters. The van der Waals surface area contributed by atoms with Gasteiger partial charge in [-0.2, -0.15) is 0 Å². The number of esters is 1. The lowest BCUT2D eigenvalue weighted by Crippen LogP contribution is -2.11. The Morgan fingerprint density at radius 3 is 2.25 bits per heavy atom. The van der Waals surface area contributed by atoms with Crippen molar-refractivity contribution in [2.45, 2.75) is 4.90 Å². The molecule has 0 spiro atoms. The Hall–Kier alpha value is -2.18. The molecule has 2 rings (SSSR count). The Bertz CT molecular complexity index is 736. The van der Waals surface area contributed by atoms with Crippen molar-refractivity contribution in [1.82, 2.24) is 0 Å². The van der Waals surface area contributed by atoms with Gasteiger partial charge in [0.15, 0.2) is 0 Å². The van der Waals surface area contributed by atoms with Crippen molar-refractivity contribution in [1.29, 1.82) is 0 Å². The van der Waals surface area contributed by atoms with Crippen molar-refractivity contribution in [3.63, 3.8) is 0 Å². The van der Waals surface area contributed by atoms with Crippen LogP contribution < -0.4 is 5.14 Å². The van der Waals surface area contributed by atoms with E-state index in [9.17, 15) is 13.2 Å². The molecule has 0 fully saturated rings. The fourth-order valence-corrected chi connectivity index (χ4v) is 2.30. The molecule has 5 nitrogen and oxygen atoms in total. The van der Waals surface area contributed by atoms with E-state index in [0.29, 0.717) is 5.56 Å². The standard InChI is InChI=1S/C14H13NO4S/c1-19-14(16)12-4-2-3-11(9-12)10-5-7-13(8-6-10)20(15,17)18/h2-9H,1H3,(H2,15,17,18). The van der Waals surface area contributed by atoms with E-state index in [2.05, 4.69) is 4.74 Å². The molecule has 0 unspecified atom stereocenters. The minimum absolute atomic E-state index is 0.0466. The maximum Gasteiger partial charge on any atom is 0.337 e. The third-order valence-electron chi connectivity index (χ3n) is 2.80. The Balaban J connectivity index is 2.40. The predicted molar refractivity (Wildman–Crippen MR) is 74.6 cm³/mol. The molecule has 0 aliphatic rings. The lowest BCUT2D eigenvalue weighted by atomic mass is 10.0. The van der Waals surface area contributed by atoms with Crippen LogP contribution in [0.4, 0.5) is 0 Å². The van der Waals surface area contributed by atoms with Gasteiger partial charge in [0.25, 0.3) is 0 Å². The Kier molecular flexibility index (Phi) is 3.87. The molecule has 6 heteroatoms. The largest absolute Gasteiger partial charge is 0.465 e. The Morgan fingerprint density at radius 2 is 1.70 bits per heavy atom. The molecule has 0 aliphatic heterocycles. The molecule has 2 aromatic carbocycles. The summed E-state index contributed by atoms with van der Waals surface area (Å²) in [6.45, 7) is 0. The molecule has 0 heterocycles. The average Bonchev–Trinajstić information content (AvgIpc) is 2.46. The van der Waals surface area contributed by atoms with Crippen molar-refractivity contribution in [2.75, 3.05) is 7.11 Å². The van der Waals surface area contributed by atoms with Gasteiger partial charge in [-0.05, 0) is 35.4 Å². The molecule has 0 aromatic heterocycles. The number of ether oxygens (including phenoxy) is 1. The molecular formula is C14H13NO4S. The minimum atomic E-state index is -3.70. The minimum Gasteiger partial charge on any atom is -0.465 e. The molecule has 0 amide bonds. The Labute approximate surface area is 117 Å². The Morgan fingerprint density at radius 1 is 1.05 bits per heavy atom. The summed E-state index contributed by atoms with van der Waals surface area (Å²) in [5, 5.41) is 5.04. The molecule has 0 saturated heterocycles. The van der Waals surface area contributed by atoms with Gasteiger partial charge in [0.2, 0.25) is 10.0 Å². The van der Waals surface area contributed by atoms with Crippen LogP contribution in [0.1, 0.15) is 10.4 Å². The van der Waals surface area contributed by atoms with Gasteiger partial charge in [-0.3, -0.25) is 0 Å². The van der Waals surface area contributed by atoms with E-state index in [0.717, 1.165) is 11.1 Å². The summed E-state index contributed by atoms with van der Waals surface area (Å²) in [6, 6.07) is 13.0. The van der Waals surface area contributed by atoms with Crippen LogP contribution in [0.25, 0.3) is 11.1 Å². The maximum atomic E-state index is 11.5. The van der Waals surface area contributed by atoms with Gasteiger partial charge in [0.05, 0.1) is 17.6 Å². The molecule has 2 aromatic rings. The van der Waals surface area contributed by atoms with Crippen LogP contribution in [0.5, 0.6) is 0 Å². The van der Waals surface area contributed by atoms with Crippen molar-refractivity contribution in [3.05, 3.63) is 54.1 Å². The van der Waals surface area contributed by atoms with Crippen LogP contribution in [0.2, 0.25) is 0 Å². The monoisotopic (exact) mass is 291 g/mol. The topological polar surface area (TPSA) is 86.5 Å². The highest BCUT2D eigenvalue weighted by Crippen LogP contribution is 2.22. The van der Waals surface area contributed by atoms with Crippen molar-refractivity contribution < 1.29 is 17.9 Å². The number of methoxy groups -OCH3 is 1. The second-order valence-electron chi connectivity index (χ2n) is 4.14. The number of primary sulfonamides is 1. The third kappa shape index (κ3) is 3.04. The van der Waals surface area contributed by atoms with Crippen molar-refractivity contribution >= 4 is 16.0 Å². The zero-order chi connectivity index (χ0) is 14.8. The van der Waals surface area contributed by atoms with E-state index >= 15 is 0 Å². The summed E-state index contributed by atoms with van der Waals surface area (Å²) < 4.78 is 27.0.